The topological polar surface area (TPSA) is 119 Å². The number of rotatable bonds is 19. The lowest BCUT2D eigenvalue weighted by Crippen LogP contribution is -2.70. The van der Waals surface area contributed by atoms with Gasteiger partial charge in [0.05, 0.1) is 24.8 Å². The standard InChI is InChI=1S/C43H60N2O8/c1-7-21-45(42(48)49-9-3)39-28-37(44-51-10-4)35-26-31(15-11-13-22-46)34(16-12-14-23-47)40-36-27-33(52-32-18-17-29(5)30(6)25-32)19-20-38(36)53-43(39,41(35)40)50-24-8-2/h8,17-20,25-27,31,34,39-41,46-47H,2,7,9-16,21-24,28H2,1,3-6H3/t31-,34+,39-,40+,41+,43+/m0/s1. The first kappa shape index (κ1) is 40.3. The average molecular weight is 733 g/mol. The molecular weight excluding hydrogens is 672 g/mol. The van der Waals surface area contributed by atoms with Crippen molar-refractivity contribution in [3.05, 3.63) is 77.4 Å². The number of aliphatic hydroxyl groups is 2. The lowest BCUT2D eigenvalue weighted by molar-refractivity contribution is -0.255. The van der Waals surface area contributed by atoms with Crippen LogP contribution in [-0.4, -0.2) is 78.3 Å². The van der Waals surface area contributed by atoms with Crippen molar-refractivity contribution in [2.75, 3.05) is 39.6 Å². The molecule has 10 heteroatoms. The van der Waals surface area contributed by atoms with E-state index in [0.717, 1.165) is 53.8 Å². The molecule has 290 valence electrons. The van der Waals surface area contributed by atoms with Gasteiger partial charge in [0.25, 0.3) is 0 Å². The second-order valence-electron chi connectivity index (χ2n) is 14.4. The Bertz CT molecular complexity index is 1610. The minimum Gasteiger partial charge on any atom is -0.459 e. The van der Waals surface area contributed by atoms with Crippen LogP contribution in [0.1, 0.15) is 94.7 Å². The molecule has 0 aromatic heterocycles. The molecule has 0 unspecified atom stereocenters. The van der Waals surface area contributed by atoms with Gasteiger partial charge in [0.1, 0.15) is 29.9 Å². The molecule has 0 spiro atoms. The number of nitrogens with zero attached hydrogens (tertiary/aromatic N) is 2. The molecule has 0 bridgehead atoms. The summed E-state index contributed by atoms with van der Waals surface area (Å²) in [4.78, 5) is 21.4. The Hall–Kier alpha value is -3.86. The number of hydrogen-bond acceptors (Lipinski definition) is 9. The molecule has 1 heterocycles. The van der Waals surface area contributed by atoms with E-state index in [-0.39, 0.29) is 50.1 Å². The van der Waals surface area contributed by atoms with E-state index in [9.17, 15) is 15.0 Å². The van der Waals surface area contributed by atoms with Crippen molar-refractivity contribution in [2.45, 2.75) is 104 Å². The molecule has 0 radical (unpaired) electrons. The number of carbonyl (C=O) groups excluding carboxylic acids is 1. The SMILES string of the molecule is C=CCO[C@@]12Oc3ccc(Oc4ccc(C)c(C)c4)cc3[C@H]3[C@H](CCCCO)[C@@H](CCCCO)C=C(C(=NOCC)C[C@@H]1N(CCC)C(=O)OCC)[C@H]32. The first-order valence-corrected chi connectivity index (χ1v) is 19.7. The second kappa shape index (κ2) is 18.9. The summed E-state index contributed by atoms with van der Waals surface area (Å²) in [7, 11) is 0. The fourth-order valence-electron chi connectivity index (χ4n) is 8.59. The number of aryl methyl sites for hydroxylation is 2. The molecular formula is C43H60N2O8. The normalized spacial score (nSPS) is 25.1. The quantitative estimate of drug-likeness (QED) is 0.0838. The summed E-state index contributed by atoms with van der Waals surface area (Å²) in [6.45, 7) is 15.4. The fourth-order valence-corrected chi connectivity index (χ4v) is 8.59. The van der Waals surface area contributed by atoms with Crippen LogP contribution in [0.3, 0.4) is 0 Å². The van der Waals surface area contributed by atoms with Crippen LogP contribution in [0.15, 0.2) is 65.9 Å². The highest BCUT2D eigenvalue weighted by molar-refractivity contribution is 6.03. The zero-order chi connectivity index (χ0) is 38.0. The maximum absolute atomic E-state index is 13.9. The number of fused-ring (bicyclic) bond motifs is 2. The van der Waals surface area contributed by atoms with Gasteiger partial charge < -0.3 is 34.0 Å². The van der Waals surface area contributed by atoms with E-state index in [2.05, 4.69) is 44.7 Å². The van der Waals surface area contributed by atoms with E-state index in [1.54, 1.807) is 11.0 Å². The maximum Gasteiger partial charge on any atom is 0.410 e. The highest BCUT2D eigenvalue weighted by atomic mass is 16.7. The van der Waals surface area contributed by atoms with E-state index < -0.39 is 17.9 Å². The number of aliphatic hydroxyl groups excluding tert-OH is 2. The van der Waals surface area contributed by atoms with Crippen molar-refractivity contribution in [2.24, 2.45) is 22.9 Å². The summed E-state index contributed by atoms with van der Waals surface area (Å²) in [5.41, 5.74) is 5.13. The van der Waals surface area contributed by atoms with Gasteiger partial charge >= 0.3 is 6.09 Å². The maximum atomic E-state index is 13.9. The van der Waals surface area contributed by atoms with Crippen LogP contribution >= 0.6 is 0 Å². The monoisotopic (exact) mass is 732 g/mol. The van der Waals surface area contributed by atoms with Crippen molar-refractivity contribution in [3.63, 3.8) is 0 Å². The van der Waals surface area contributed by atoms with Crippen LogP contribution < -0.4 is 9.47 Å². The Kier molecular flexibility index (Phi) is 14.4. The highest BCUT2D eigenvalue weighted by Crippen LogP contribution is 2.62. The van der Waals surface area contributed by atoms with E-state index in [0.29, 0.717) is 50.3 Å². The number of hydrogen-bond donors (Lipinski definition) is 2. The van der Waals surface area contributed by atoms with E-state index >= 15 is 0 Å². The second-order valence-corrected chi connectivity index (χ2v) is 14.4. The van der Waals surface area contributed by atoms with E-state index in [1.807, 2.05) is 39.0 Å². The molecule has 1 saturated carbocycles. The van der Waals surface area contributed by atoms with E-state index in [4.69, 9.17) is 28.9 Å². The van der Waals surface area contributed by atoms with Gasteiger partial charge in [0, 0.05) is 37.7 Å². The minimum atomic E-state index is -1.31. The van der Waals surface area contributed by atoms with Crippen molar-refractivity contribution in [3.8, 4) is 17.2 Å². The van der Waals surface area contributed by atoms with Gasteiger partial charge in [0.2, 0.25) is 5.79 Å². The Labute approximate surface area is 315 Å². The van der Waals surface area contributed by atoms with Crippen LogP contribution in [0.4, 0.5) is 4.79 Å². The van der Waals surface area contributed by atoms with Crippen molar-refractivity contribution in [1.82, 2.24) is 4.90 Å². The Morgan fingerprint density at radius 1 is 1.00 bits per heavy atom. The van der Waals surface area contributed by atoms with Crippen molar-refractivity contribution in [1.29, 1.82) is 0 Å². The van der Waals surface area contributed by atoms with E-state index in [1.165, 1.54) is 5.56 Å². The number of oxime groups is 1. The van der Waals surface area contributed by atoms with Crippen LogP contribution in [0.25, 0.3) is 0 Å². The number of unbranched alkanes of at least 4 members (excludes halogenated alkanes) is 2. The lowest BCUT2D eigenvalue weighted by atomic mass is 9.55. The summed E-state index contributed by atoms with van der Waals surface area (Å²) < 4.78 is 26.4. The first-order valence-electron chi connectivity index (χ1n) is 19.7. The van der Waals surface area contributed by atoms with Crippen molar-refractivity contribution < 1.29 is 38.8 Å². The largest absolute Gasteiger partial charge is 0.459 e. The lowest BCUT2D eigenvalue weighted by Gasteiger charge is -2.59. The van der Waals surface area contributed by atoms with Gasteiger partial charge in [-0.25, -0.2) is 4.79 Å². The predicted molar refractivity (Wildman–Crippen MR) is 207 cm³/mol. The van der Waals surface area contributed by atoms with Gasteiger partial charge in [-0.1, -0.05) is 43.1 Å². The molecule has 6 atom stereocenters. The third kappa shape index (κ3) is 8.76. The Morgan fingerprint density at radius 2 is 1.74 bits per heavy atom. The molecule has 1 amide bonds. The summed E-state index contributed by atoms with van der Waals surface area (Å²) in [5.74, 6) is 0.572. The number of carbonyl (C=O) groups is 1. The average Bonchev–Trinajstić information content (AvgIpc) is 3.15. The van der Waals surface area contributed by atoms with Crippen LogP contribution in [0.5, 0.6) is 17.2 Å². The summed E-state index contributed by atoms with van der Waals surface area (Å²) in [6.07, 6.45) is 9.53. The first-order chi connectivity index (χ1) is 25.8. The van der Waals surface area contributed by atoms with Crippen molar-refractivity contribution >= 4 is 11.8 Å². The number of benzene rings is 2. The minimum absolute atomic E-state index is 0.120. The molecule has 3 aliphatic rings. The summed E-state index contributed by atoms with van der Waals surface area (Å²) in [6, 6.07) is 11.5. The molecule has 2 N–H and O–H groups in total. The van der Waals surface area contributed by atoms with Gasteiger partial charge in [-0.3, -0.25) is 4.90 Å². The van der Waals surface area contributed by atoms with Gasteiger partial charge in [-0.15, -0.1) is 6.58 Å². The molecule has 10 nitrogen and oxygen atoms in total. The Balaban J connectivity index is 1.77. The van der Waals surface area contributed by atoms with Crippen LogP contribution in [-0.2, 0) is 14.3 Å². The molecule has 2 aromatic carbocycles. The molecule has 5 rings (SSSR count). The molecule has 0 saturated heterocycles. The zero-order valence-electron chi connectivity index (χ0n) is 32.4. The smallest absolute Gasteiger partial charge is 0.410 e. The third-order valence-electron chi connectivity index (χ3n) is 11.0. The molecule has 1 fully saturated rings. The number of allylic oxidation sites excluding steroid dienone is 1. The molecule has 1 aliphatic heterocycles. The number of amides is 1. The summed E-state index contributed by atoms with van der Waals surface area (Å²) in [5, 5.41) is 24.4. The van der Waals surface area contributed by atoms with Crippen LogP contribution in [0, 0.1) is 31.6 Å². The fraction of sp³-hybridized carbons (Fsp3) is 0.581. The van der Waals surface area contributed by atoms with Crippen LogP contribution in [0.2, 0.25) is 0 Å². The Morgan fingerprint density at radius 3 is 2.42 bits per heavy atom. The zero-order valence-corrected chi connectivity index (χ0v) is 32.4. The summed E-state index contributed by atoms with van der Waals surface area (Å²) >= 11 is 0. The highest BCUT2D eigenvalue weighted by Gasteiger charge is 2.65. The van der Waals surface area contributed by atoms with Gasteiger partial charge in [-0.2, -0.15) is 0 Å². The third-order valence-corrected chi connectivity index (χ3v) is 11.0. The van der Waals surface area contributed by atoms with Gasteiger partial charge in [0.15, 0.2) is 0 Å². The predicted octanol–water partition coefficient (Wildman–Crippen LogP) is 8.62. The molecule has 2 aliphatic carbocycles. The number of ether oxygens (including phenoxy) is 4. The van der Waals surface area contributed by atoms with Gasteiger partial charge in [-0.05, 0) is 119 Å². The molecule has 53 heavy (non-hydrogen) atoms. The molecule has 2 aromatic rings.